The number of carbonyl (C=O) groups excluding carboxylic acids is 2. The van der Waals surface area contributed by atoms with Crippen LogP contribution < -0.4 is 10.9 Å². The lowest BCUT2D eigenvalue weighted by atomic mass is 10.3. The molecular weight excluding hydrogens is 416 g/mol. The number of hydrogen-bond donors (Lipinski definition) is 1. The van der Waals surface area contributed by atoms with Crippen molar-refractivity contribution in [3.8, 4) is 0 Å². The lowest BCUT2D eigenvalue weighted by Crippen LogP contribution is -2.14. The molecule has 0 unspecified atom stereocenters. The third-order valence-corrected chi connectivity index (χ3v) is 5.84. The molecule has 148 valence electrons. The van der Waals surface area contributed by atoms with Crippen LogP contribution in [0.2, 0.25) is 0 Å². The molecule has 4 rings (SSSR count). The first-order chi connectivity index (χ1) is 13.9. The minimum Gasteiger partial charge on any atom is -0.459 e. The number of furan rings is 1. The minimum absolute atomic E-state index is 0.0865. The summed E-state index contributed by atoms with van der Waals surface area (Å²) in [7, 11) is 0. The average molecular weight is 430 g/mol. The smallest absolute Gasteiger partial charge is 0.349 e. The maximum absolute atomic E-state index is 12.5. The van der Waals surface area contributed by atoms with Gasteiger partial charge in [-0.25, -0.2) is 9.78 Å². The minimum atomic E-state index is -0.540. The second-order valence-corrected chi connectivity index (χ2v) is 8.15. The fourth-order valence-electron chi connectivity index (χ4n) is 2.54. The Balaban J connectivity index is 1.45. The van der Waals surface area contributed by atoms with Gasteiger partial charge < -0.3 is 14.5 Å². The number of rotatable bonds is 5. The number of amides is 1. The lowest BCUT2D eigenvalue weighted by Gasteiger charge is -2.01. The first-order valence-electron chi connectivity index (χ1n) is 8.39. The first-order valence-corrected chi connectivity index (χ1v) is 10.0. The zero-order valence-electron chi connectivity index (χ0n) is 15.3. The molecule has 0 spiro atoms. The summed E-state index contributed by atoms with van der Waals surface area (Å²) in [5.74, 6) is -0.768. The number of thiophene rings is 1. The number of fused-ring (bicyclic) bond motifs is 1. The lowest BCUT2D eigenvalue weighted by molar-refractivity contribution is 0.0476. The van der Waals surface area contributed by atoms with Crippen LogP contribution in [-0.2, 0) is 11.3 Å². The van der Waals surface area contributed by atoms with Crippen molar-refractivity contribution in [3.63, 3.8) is 0 Å². The maximum atomic E-state index is 12.5. The topological polar surface area (TPSA) is 116 Å². The van der Waals surface area contributed by atoms with Gasteiger partial charge in [-0.05, 0) is 37.6 Å². The van der Waals surface area contributed by atoms with Gasteiger partial charge in [0.15, 0.2) is 10.8 Å². The van der Waals surface area contributed by atoms with Gasteiger partial charge in [0.2, 0.25) is 4.96 Å². The first kappa shape index (κ1) is 19.0. The van der Waals surface area contributed by atoms with Gasteiger partial charge in [-0.3, -0.25) is 9.59 Å². The van der Waals surface area contributed by atoms with Crippen molar-refractivity contribution in [2.24, 2.45) is 0 Å². The largest absolute Gasteiger partial charge is 0.459 e. The summed E-state index contributed by atoms with van der Waals surface area (Å²) >= 11 is 2.28. The molecule has 4 heterocycles. The highest BCUT2D eigenvalue weighted by atomic mass is 32.1. The Kier molecular flexibility index (Phi) is 4.99. The van der Waals surface area contributed by atoms with E-state index < -0.39 is 11.9 Å². The Morgan fingerprint density at radius 3 is 2.86 bits per heavy atom. The Morgan fingerprint density at radius 1 is 1.28 bits per heavy atom. The second-order valence-electron chi connectivity index (χ2n) is 6.06. The van der Waals surface area contributed by atoms with Crippen LogP contribution in [0.5, 0.6) is 0 Å². The quantitative estimate of drug-likeness (QED) is 0.484. The number of hydrogen-bond acceptors (Lipinski definition) is 9. The molecule has 0 bridgehead atoms. The summed E-state index contributed by atoms with van der Waals surface area (Å²) < 4.78 is 11.6. The van der Waals surface area contributed by atoms with Crippen molar-refractivity contribution < 1.29 is 18.7 Å². The molecule has 0 saturated carbocycles. The maximum Gasteiger partial charge on any atom is 0.349 e. The summed E-state index contributed by atoms with van der Waals surface area (Å²) in [5, 5.41) is 7.77. The van der Waals surface area contributed by atoms with Gasteiger partial charge in [0.1, 0.15) is 11.5 Å². The Morgan fingerprint density at radius 2 is 2.10 bits per heavy atom. The van der Waals surface area contributed by atoms with E-state index in [1.165, 1.54) is 28.2 Å². The Bertz CT molecular complexity index is 1270. The van der Waals surface area contributed by atoms with E-state index in [4.69, 9.17) is 9.15 Å². The van der Waals surface area contributed by atoms with Crippen LogP contribution in [0.15, 0.2) is 39.7 Å². The van der Waals surface area contributed by atoms with Gasteiger partial charge >= 0.3 is 5.97 Å². The fraction of sp³-hybridized carbons (Fsp3) is 0.167. The molecule has 0 radical (unpaired) electrons. The van der Waals surface area contributed by atoms with Crippen LogP contribution >= 0.6 is 22.7 Å². The highest BCUT2D eigenvalue weighted by Gasteiger charge is 2.18. The normalized spacial score (nSPS) is 11.0. The Hall–Kier alpha value is -3.31. The second kappa shape index (κ2) is 7.60. The highest BCUT2D eigenvalue weighted by molar-refractivity contribution is 7.18. The number of esters is 1. The molecule has 0 atom stereocenters. The molecule has 1 N–H and O–H groups in total. The molecule has 0 aliphatic carbocycles. The zero-order valence-corrected chi connectivity index (χ0v) is 16.9. The van der Waals surface area contributed by atoms with E-state index in [1.807, 2.05) is 0 Å². The molecule has 0 aliphatic rings. The molecular formula is C18H14N4O5S2. The van der Waals surface area contributed by atoms with Crippen molar-refractivity contribution in [1.29, 1.82) is 0 Å². The predicted octanol–water partition coefficient (Wildman–Crippen LogP) is 3.03. The van der Waals surface area contributed by atoms with Crippen molar-refractivity contribution >= 4 is 44.5 Å². The number of aryl methyl sites for hydroxylation is 2. The number of carbonyl (C=O) groups is 2. The molecule has 9 nitrogen and oxygen atoms in total. The zero-order chi connectivity index (χ0) is 20.5. The van der Waals surface area contributed by atoms with Crippen LogP contribution in [0.3, 0.4) is 0 Å². The summed E-state index contributed by atoms with van der Waals surface area (Å²) in [4.78, 5) is 41.5. The summed E-state index contributed by atoms with van der Waals surface area (Å²) in [6.45, 7) is 3.39. The molecule has 0 fully saturated rings. The van der Waals surface area contributed by atoms with Crippen molar-refractivity contribution in [3.05, 3.63) is 67.8 Å². The third kappa shape index (κ3) is 3.96. The number of ether oxygens (including phenoxy) is 1. The van der Waals surface area contributed by atoms with Crippen molar-refractivity contribution in [1.82, 2.24) is 14.6 Å². The summed E-state index contributed by atoms with van der Waals surface area (Å²) in [5.41, 5.74) is 0.987. The van der Waals surface area contributed by atoms with E-state index in [0.29, 0.717) is 31.1 Å². The average Bonchev–Trinajstić information content (AvgIpc) is 3.39. The molecule has 1 amide bonds. The molecule has 0 saturated heterocycles. The molecule has 4 aromatic rings. The van der Waals surface area contributed by atoms with Crippen LogP contribution in [0.4, 0.5) is 5.00 Å². The van der Waals surface area contributed by atoms with Gasteiger partial charge in [-0.15, -0.1) is 11.3 Å². The molecule has 11 heteroatoms. The van der Waals surface area contributed by atoms with Gasteiger partial charge in [0, 0.05) is 11.8 Å². The van der Waals surface area contributed by atoms with E-state index in [0.717, 1.165) is 11.3 Å². The summed E-state index contributed by atoms with van der Waals surface area (Å²) in [6.07, 6.45) is 1.41. The Labute approximate surface area is 171 Å². The molecule has 0 aliphatic heterocycles. The SMILES string of the molecule is Cc1cc(=O)n2nc(COC(=O)c3sc(NC(=O)c4ccco4)cc3C)sc2n1. The molecule has 29 heavy (non-hydrogen) atoms. The number of nitrogens with one attached hydrogen (secondary N) is 1. The van der Waals surface area contributed by atoms with E-state index in [9.17, 15) is 14.4 Å². The standard InChI is InChI=1S/C18H14N4O5S2/c1-9-6-12(20-16(24)11-4-3-5-26-11)28-15(9)17(25)27-8-13-21-22-14(23)7-10(2)19-18(22)29-13/h3-7H,8H2,1-2H3,(H,20,24). The van der Waals surface area contributed by atoms with Gasteiger partial charge in [0.05, 0.1) is 11.3 Å². The van der Waals surface area contributed by atoms with Crippen LogP contribution in [0.25, 0.3) is 4.96 Å². The van der Waals surface area contributed by atoms with Crippen LogP contribution in [0, 0.1) is 13.8 Å². The van der Waals surface area contributed by atoms with Gasteiger partial charge in [-0.2, -0.15) is 9.61 Å². The van der Waals surface area contributed by atoms with E-state index >= 15 is 0 Å². The van der Waals surface area contributed by atoms with E-state index in [2.05, 4.69) is 15.4 Å². The number of anilines is 1. The van der Waals surface area contributed by atoms with Crippen molar-refractivity contribution in [2.75, 3.05) is 5.32 Å². The fourth-order valence-corrected chi connectivity index (χ4v) is 4.36. The van der Waals surface area contributed by atoms with Crippen LogP contribution in [-0.4, -0.2) is 26.5 Å². The van der Waals surface area contributed by atoms with E-state index in [-0.39, 0.29) is 17.9 Å². The van der Waals surface area contributed by atoms with Gasteiger partial charge in [0.25, 0.3) is 11.5 Å². The molecule has 4 aromatic heterocycles. The molecule has 0 aromatic carbocycles. The number of aromatic nitrogens is 3. The van der Waals surface area contributed by atoms with Crippen molar-refractivity contribution in [2.45, 2.75) is 20.5 Å². The summed E-state index contributed by atoms with van der Waals surface area (Å²) in [6, 6.07) is 6.23. The highest BCUT2D eigenvalue weighted by Crippen LogP contribution is 2.28. The monoisotopic (exact) mass is 430 g/mol. The van der Waals surface area contributed by atoms with E-state index in [1.54, 1.807) is 32.0 Å². The number of nitrogens with zero attached hydrogens (tertiary/aromatic N) is 3. The van der Waals surface area contributed by atoms with Gasteiger partial charge in [-0.1, -0.05) is 11.3 Å². The predicted molar refractivity (Wildman–Crippen MR) is 107 cm³/mol. The third-order valence-electron chi connectivity index (χ3n) is 3.83. The van der Waals surface area contributed by atoms with Crippen LogP contribution in [0.1, 0.15) is 36.5 Å².